The van der Waals surface area contributed by atoms with E-state index < -0.39 is 10.0 Å². The van der Waals surface area contributed by atoms with Crippen LogP contribution in [0, 0.1) is 0 Å². The Kier molecular flexibility index (Phi) is 6.35. The Morgan fingerprint density at radius 1 is 0.800 bits per heavy atom. The van der Waals surface area contributed by atoms with Gasteiger partial charge in [-0.3, -0.25) is 4.79 Å². The van der Waals surface area contributed by atoms with Crippen molar-refractivity contribution in [2.75, 3.05) is 11.9 Å². The van der Waals surface area contributed by atoms with E-state index in [-0.39, 0.29) is 17.3 Å². The maximum Gasteiger partial charge on any atom is 0.259 e. The molecule has 1 heterocycles. The maximum absolute atomic E-state index is 13.1. The number of sulfonamides is 1. The molecular weight excluding hydrogens is 460 g/mol. The van der Waals surface area contributed by atoms with Crippen LogP contribution in [0.25, 0.3) is 0 Å². The van der Waals surface area contributed by atoms with Crippen molar-refractivity contribution in [1.29, 1.82) is 0 Å². The van der Waals surface area contributed by atoms with E-state index in [1.165, 1.54) is 4.31 Å². The second-order valence-corrected chi connectivity index (χ2v) is 10.2. The topological polar surface area (TPSA) is 75.7 Å². The molecular formula is C28H24N2O4S. The van der Waals surface area contributed by atoms with Gasteiger partial charge >= 0.3 is 0 Å². The van der Waals surface area contributed by atoms with Crippen molar-refractivity contribution in [3.8, 4) is 11.5 Å². The summed E-state index contributed by atoms with van der Waals surface area (Å²) in [6, 6.07) is 30.4. The summed E-state index contributed by atoms with van der Waals surface area (Å²) in [4.78, 5) is 13.4. The largest absolute Gasteiger partial charge is 0.457 e. The molecule has 0 fully saturated rings. The average Bonchev–Trinajstić information content (AvgIpc) is 2.89. The minimum absolute atomic E-state index is 0.254. The van der Waals surface area contributed by atoms with E-state index in [4.69, 9.17) is 4.74 Å². The van der Waals surface area contributed by atoms with Crippen LogP contribution in [-0.4, -0.2) is 25.2 Å². The number of benzene rings is 4. The monoisotopic (exact) mass is 484 g/mol. The number of amides is 1. The first kappa shape index (κ1) is 22.8. The lowest BCUT2D eigenvalue weighted by atomic mass is 10.0. The maximum atomic E-state index is 13.1. The van der Waals surface area contributed by atoms with E-state index in [0.717, 1.165) is 11.1 Å². The van der Waals surface area contributed by atoms with Gasteiger partial charge in [0.25, 0.3) is 5.91 Å². The number of hydrogen-bond acceptors (Lipinski definition) is 4. The van der Waals surface area contributed by atoms with Crippen molar-refractivity contribution in [3.63, 3.8) is 0 Å². The van der Waals surface area contributed by atoms with Crippen LogP contribution in [0.3, 0.4) is 0 Å². The minimum atomic E-state index is -3.59. The number of hydrogen-bond donors (Lipinski definition) is 1. The SMILES string of the molecule is O=C(Nc1ccc2c(c1)CN(S(=O)(=O)c1ccccc1)CC2)c1ccccc1Oc1ccccc1. The molecule has 1 aliphatic heterocycles. The molecule has 0 aromatic heterocycles. The highest BCUT2D eigenvalue weighted by molar-refractivity contribution is 7.89. The molecule has 0 spiro atoms. The van der Waals surface area contributed by atoms with Gasteiger partial charge in [0.15, 0.2) is 0 Å². The lowest BCUT2D eigenvalue weighted by molar-refractivity contribution is 0.102. The molecule has 5 rings (SSSR count). The van der Waals surface area contributed by atoms with Crippen molar-refractivity contribution in [2.24, 2.45) is 0 Å². The summed E-state index contributed by atoms with van der Waals surface area (Å²) in [7, 11) is -3.59. The molecule has 4 aromatic carbocycles. The van der Waals surface area contributed by atoms with E-state index in [1.54, 1.807) is 48.5 Å². The second kappa shape index (κ2) is 9.74. The van der Waals surface area contributed by atoms with Crippen LogP contribution in [0.5, 0.6) is 11.5 Å². The highest BCUT2D eigenvalue weighted by Gasteiger charge is 2.28. The lowest BCUT2D eigenvalue weighted by Gasteiger charge is -2.28. The zero-order valence-electron chi connectivity index (χ0n) is 18.9. The third-order valence-corrected chi connectivity index (χ3v) is 7.78. The number of nitrogens with one attached hydrogen (secondary N) is 1. The molecule has 1 amide bonds. The van der Waals surface area contributed by atoms with Crippen LogP contribution in [0.1, 0.15) is 21.5 Å². The molecule has 0 saturated heterocycles. The summed E-state index contributed by atoms with van der Waals surface area (Å²) in [6.45, 7) is 0.671. The number of carbonyl (C=O) groups excluding carboxylic acids is 1. The molecule has 0 unspecified atom stereocenters. The first-order valence-corrected chi connectivity index (χ1v) is 12.7. The number of carbonyl (C=O) groups is 1. The molecule has 1 N–H and O–H groups in total. The van der Waals surface area contributed by atoms with E-state index in [1.807, 2.05) is 54.6 Å². The fraction of sp³-hybridized carbons (Fsp3) is 0.107. The van der Waals surface area contributed by atoms with Crippen molar-refractivity contribution >= 4 is 21.6 Å². The van der Waals surface area contributed by atoms with Gasteiger partial charge in [-0.1, -0.05) is 54.6 Å². The Morgan fingerprint density at radius 2 is 1.49 bits per heavy atom. The molecule has 1 aliphatic rings. The van der Waals surface area contributed by atoms with Crippen LogP contribution < -0.4 is 10.1 Å². The fourth-order valence-corrected chi connectivity index (χ4v) is 5.55. The third kappa shape index (κ3) is 4.96. The van der Waals surface area contributed by atoms with Crippen LogP contribution >= 0.6 is 0 Å². The van der Waals surface area contributed by atoms with Gasteiger partial charge in [-0.05, 0) is 66.1 Å². The molecule has 6 nitrogen and oxygen atoms in total. The number of para-hydroxylation sites is 2. The highest BCUT2D eigenvalue weighted by Crippen LogP contribution is 2.29. The first-order chi connectivity index (χ1) is 17.0. The summed E-state index contributed by atoms with van der Waals surface area (Å²) in [5, 5.41) is 2.93. The molecule has 0 radical (unpaired) electrons. The quantitative estimate of drug-likeness (QED) is 0.393. The fourth-order valence-electron chi connectivity index (χ4n) is 4.11. The lowest BCUT2D eigenvalue weighted by Crippen LogP contribution is -2.36. The van der Waals surface area contributed by atoms with Gasteiger partial charge < -0.3 is 10.1 Å². The summed E-state index contributed by atoms with van der Waals surface area (Å²) >= 11 is 0. The Morgan fingerprint density at radius 3 is 2.26 bits per heavy atom. The van der Waals surface area contributed by atoms with Crippen LogP contribution in [0.15, 0.2) is 108 Å². The number of rotatable bonds is 6. The number of nitrogens with zero attached hydrogens (tertiary/aromatic N) is 1. The van der Waals surface area contributed by atoms with Crippen molar-refractivity contribution in [2.45, 2.75) is 17.9 Å². The Balaban J connectivity index is 1.35. The smallest absolute Gasteiger partial charge is 0.259 e. The van der Waals surface area contributed by atoms with Gasteiger partial charge in [-0.25, -0.2) is 8.42 Å². The van der Waals surface area contributed by atoms with Crippen molar-refractivity contribution < 1.29 is 17.9 Å². The van der Waals surface area contributed by atoms with Gasteiger partial charge in [-0.15, -0.1) is 0 Å². The predicted octanol–water partition coefficient (Wildman–Crippen LogP) is 5.48. The Bertz CT molecular complexity index is 1460. The van der Waals surface area contributed by atoms with Crippen LogP contribution in [0.2, 0.25) is 0 Å². The molecule has 0 atom stereocenters. The molecule has 176 valence electrons. The summed E-state index contributed by atoms with van der Waals surface area (Å²) in [5.41, 5.74) is 2.96. The highest BCUT2D eigenvalue weighted by atomic mass is 32.2. The molecule has 35 heavy (non-hydrogen) atoms. The predicted molar refractivity (Wildman–Crippen MR) is 135 cm³/mol. The average molecular weight is 485 g/mol. The molecule has 0 aliphatic carbocycles. The number of anilines is 1. The zero-order chi connectivity index (χ0) is 24.3. The molecule has 4 aromatic rings. The van der Waals surface area contributed by atoms with Crippen molar-refractivity contribution in [3.05, 3.63) is 120 Å². The van der Waals surface area contributed by atoms with Crippen molar-refractivity contribution in [1.82, 2.24) is 4.31 Å². The van der Waals surface area contributed by atoms with Crippen LogP contribution in [-0.2, 0) is 23.0 Å². The summed E-state index contributed by atoms with van der Waals surface area (Å²) in [5.74, 6) is 0.789. The third-order valence-electron chi connectivity index (χ3n) is 5.93. The number of ether oxygens (including phenoxy) is 1. The van der Waals surface area contributed by atoms with Gasteiger partial charge in [0.05, 0.1) is 10.5 Å². The van der Waals surface area contributed by atoms with E-state index >= 15 is 0 Å². The minimum Gasteiger partial charge on any atom is -0.457 e. The van der Waals surface area contributed by atoms with E-state index in [0.29, 0.717) is 35.7 Å². The van der Waals surface area contributed by atoms with Crippen LogP contribution in [0.4, 0.5) is 5.69 Å². The Hall–Kier alpha value is -3.94. The molecule has 0 saturated carbocycles. The van der Waals surface area contributed by atoms with E-state index in [2.05, 4.69) is 5.32 Å². The second-order valence-electron chi connectivity index (χ2n) is 8.25. The van der Waals surface area contributed by atoms with Gasteiger partial charge in [0.1, 0.15) is 11.5 Å². The molecule has 0 bridgehead atoms. The first-order valence-electron chi connectivity index (χ1n) is 11.3. The Labute approximate surface area is 204 Å². The van der Waals surface area contributed by atoms with E-state index in [9.17, 15) is 13.2 Å². The summed E-state index contributed by atoms with van der Waals surface area (Å²) < 4.78 is 33.6. The number of fused-ring (bicyclic) bond motifs is 1. The standard InChI is InChI=1S/C28H24N2O4S/c31-28(26-13-7-8-14-27(26)34-24-9-3-1-4-10-24)29-23-16-15-21-17-18-30(20-22(21)19-23)35(32,33)25-11-5-2-6-12-25/h1-16,19H,17-18,20H2,(H,29,31). The molecule has 7 heteroatoms. The zero-order valence-corrected chi connectivity index (χ0v) is 19.7. The van der Waals surface area contributed by atoms with Gasteiger partial charge in [0, 0.05) is 18.8 Å². The normalized spacial score (nSPS) is 13.6. The van der Waals surface area contributed by atoms with Gasteiger partial charge in [-0.2, -0.15) is 4.31 Å². The van der Waals surface area contributed by atoms with Gasteiger partial charge in [0.2, 0.25) is 10.0 Å². The summed E-state index contributed by atoms with van der Waals surface area (Å²) in [6.07, 6.45) is 0.614.